The molecular formula is C15H19NO4. The minimum Gasteiger partial charge on any atom is -0.490 e. The number of hydrogen-bond acceptors (Lipinski definition) is 4. The summed E-state index contributed by atoms with van der Waals surface area (Å²) in [5.74, 6) is 1.13. The predicted octanol–water partition coefficient (Wildman–Crippen LogP) is 1.55. The van der Waals surface area contributed by atoms with Crippen LogP contribution in [-0.4, -0.2) is 30.3 Å². The number of hydrogen-bond donors (Lipinski definition) is 2. The van der Waals surface area contributed by atoms with E-state index in [0.29, 0.717) is 17.5 Å². The average Bonchev–Trinajstić information content (AvgIpc) is 3.07. The number of fused-ring (bicyclic) bond motifs is 1. The first-order chi connectivity index (χ1) is 9.72. The van der Waals surface area contributed by atoms with Crippen LogP contribution in [0.1, 0.15) is 37.4 Å². The molecule has 0 bridgehead atoms. The molecule has 5 heteroatoms. The van der Waals surface area contributed by atoms with Gasteiger partial charge in [-0.2, -0.15) is 0 Å². The lowest BCUT2D eigenvalue weighted by Gasteiger charge is -2.12. The van der Waals surface area contributed by atoms with Crippen molar-refractivity contribution in [3.63, 3.8) is 0 Å². The van der Waals surface area contributed by atoms with Crippen LogP contribution in [0.15, 0.2) is 18.2 Å². The van der Waals surface area contributed by atoms with Crippen LogP contribution in [0, 0.1) is 0 Å². The molecular weight excluding hydrogens is 258 g/mol. The third-order valence-corrected chi connectivity index (χ3v) is 3.83. The summed E-state index contributed by atoms with van der Waals surface area (Å²) in [6.45, 7) is 0.290. The van der Waals surface area contributed by atoms with Crippen molar-refractivity contribution in [2.24, 2.45) is 0 Å². The van der Waals surface area contributed by atoms with E-state index in [1.165, 1.54) is 12.8 Å². The van der Waals surface area contributed by atoms with Crippen LogP contribution in [0.3, 0.4) is 0 Å². The molecule has 5 nitrogen and oxygen atoms in total. The molecule has 108 valence electrons. The summed E-state index contributed by atoms with van der Waals surface area (Å²) in [5.41, 5.74) is 0.771. The lowest BCUT2D eigenvalue weighted by atomic mass is 10.1. The van der Waals surface area contributed by atoms with Gasteiger partial charge >= 0.3 is 0 Å². The summed E-state index contributed by atoms with van der Waals surface area (Å²) >= 11 is 0. The van der Waals surface area contributed by atoms with E-state index in [0.717, 1.165) is 18.4 Å². The SMILES string of the molecule is O=C(COc1ccc2c(c1)OCC2O)NC1CCCC1. The Morgan fingerprint density at radius 1 is 1.40 bits per heavy atom. The Labute approximate surface area is 117 Å². The molecule has 0 saturated heterocycles. The molecule has 0 aromatic heterocycles. The first-order valence-electron chi connectivity index (χ1n) is 7.09. The van der Waals surface area contributed by atoms with E-state index in [1.807, 2.05) is 0 Å². The van der Waals surface area contributed by atoms with Gasteiger partial charge in [-0.1, -0.05) is 12.8 Å². The minimum absolute atomic E-state index is 0.0117. The molecule has 2 aliphatic rings. The summed E-state index contributed by atoms with van der Waals surface area (Å²) in [6.07, 6.45) is 3.95. The molecule has 0 radical (unpaired) electrons. The Morgan fingerprint density at radius 2 is 2.20 bits per heavy atom. The lowest BCUT2D eigenvalue weighted by Crippen LogP contribution is -2.36. The van der Waals surface area contributed by atoms with E-state index in [9.17, 15) is 9.90 Å². The number of aliphatic hydroxyl groups excluding tert-OH is 1. The van der Waals surface area contributed by atoms with Gasteiger partial charge in [0.05, 0.1) is 0 Å². The molecule has 1 unspecified atom stereocenters. The highest BCUT2D eigenvalue weighted by atomic mass is 16.5. The third kappa shape index (κ3) is 2.88. The molecule has 1 atom stereocenters. The monoisotopic (exact) mass is 277 g/mol. The Morgan fingerprint density at radius 3 is 3.00 bits per heavy atom. The quantitative estimate of drug-likeness (QED) is 0.876. The molecule has 1 heterocycles. The van der Waals surface area contributed by atoms with Crippen LogP contribution < -0.4 is 14.8 Å². The molecule has 0 spiro atoms. The van der Waals surface area contributed by atoms with E-state index < -0.39 is 6.10 Å². The van der Waals surface area contributed by atoms with Crippen molar-refractivity contribution in [2.75, 3.05) is 13.2 Å². The molecule has 1 aromatic carbocycles. The summed E-state index contributed by atoms with van der Waals surface area (Å²) in [7, 11) is 0. The standard InChI is InChI=1S/C15H19NO4/c17-13-8-20-14-7-11(5-6-12(13)14)19-9-15(18)16-10-3-1-2-4-10/h5-7,10,13,17H,1-4,8-9H2,(H,16,18). The van der Waals surface area contributed by atoms with E-state index in [1.54, 1.807) is 18.2 Å². The fourth-order valence-electron chi connectivity index (χ4n) is 2.75. The zero-order valence-corrected chi connectivity index (χ0v) is 11.3. The van der Waals surface area contributed by atoms with Crippen LogP contribution in [0.25, 0.3) is 0 Å². The lowest BCUT2D eigenvalue weighted by molar-refractivity contribution is -0.123. The Kier molecular flexibility index (Phi) is 3.78. The highest BCUT2D eigenvalue weighted by Gasteiger charge is 2.22. The van der Waals surface area contributed by atoms with Crippen molar-refractivity contribution in [3.05, 3.63) is 23.8 Å². The van der Waals surface area contributed by atoms with Gasteiger partial charge in [0, 0.05) is 17.7 Å². The number of carbonyl (C=O) groups is 1. The normalized spacial score (nSPS) is 21.4. The van der Waals surface area contributed by atoms with Gasteiger partial charge in [0.2, 0.25) is 0 Å². The van der Waals surface area contributed by atoms with Gasteiger partial charge in [-0.05, 0) is 25.0 Å². The second-order valence-electron chi connectivity index (χ2n) is 5.36. The molecule has 1 aliphatic carbocycles. The molecule has 2 N–H and O–H groups in total. The van der Waals surface area contributed by atoms with Gasteiger partial charge in [-0.15, -0.1) is 0 Å². The van der Waals surface area contributed by atoms with E-state index >= 15 is 0 Å². The number of amides is 1. The van der Waals surface area contributed by atoms with Crippen LogP contribution in [0.2, 0.25) is 0 Å². The molecule has 1 amide bonds. The number of nitrogens with one attached hydrogen (secondary N) is 1. The Bertz CT molecular complexity index is 497. The Hall–Kier alpha value is -1.75. The second-order valence-corrected chi connectivity index (χ2v) is 5.36. The van der Waals surface area contributed by atoms with Crippen molar-refractivity contribution >= 4 is 5.91 Å². The molecule has 3 rings (SSSR count). The molecule has 1 fully saturated rings. The van der Waals surface area contributed by atoms with Crippen LogP contribution in [0.4, 0.5) is 0 Å². The molecule has 20 heavy (non-hydrogen) atoms. The summed E-state index contributed by atoms with van der Waals surface area (Å²) in [4.78, 5) is 11.8. The van der Waals surface area contributed by atoms with E-state index in [-0.39, 0.29) is 19.1 Å². The second kappa shape index (κ2) is 5.71. The van der Waals surface area contributed by atoms with Crippen LogP contribution >= 0.6 is 0 Å². The maximum atomic E-state index is 11.8. The van der Waals surface area contributed by atoms with Crippen LogP contribution in [0.5, 0.6) is 11.5 Å². The fraction of sp³-hybridized carbons (Fsp3) is 0.533. The topological polar surface area (TPSA) is 67.8 Å². The van der Waals surface area contributed by atoms with Gasteiger partial charge in [0.25, 0.3) is 5.91 Å². The third-order valence-electron chi connectivity index (χ3n) is 3.83. The average molecular weight is 277 g/mol. The first-order valence-corrected chi connectivity index (χ1v) is 7.09. The van der Waals surface area contributed by atoms with E-state index in [4.69, 9.17) is 9.47 Å². The smallest absolute Gasteiger partial charge is 0.258 e. The highest BCUT2D eigenvalue weighted by Crippen LogP contribution is 2.34. The van der Waals surface area contributed by atoms with Crippen molar-refractivity contribution in [2.45, 2.75) is 37.8 Å². The van der Waals surface area contributed by atoms with Crippen molar-refractivity contribution < 1.29 is 19.4 Å². The zero-order chi connectivity index (χ0) is 13.9. The van der Waals surface area contributed by atoms with Crippen molar-refractivity contribution in [1.29, 1.82) is 0 Å². The fourth-order valence-corrected chi connectivity index (χ4v) is 2.75. The largest absolute Gasteiger partial charge is 0.490 e. The van der Waals surface area contributed by atoms with Crippen molar-refractivity contribution in [1.82, 2.24) is 5.32 Å². The maximum Gasteiger partial charge on any atom is 0.258 e. The summed E-state index contributed by atoms with van der Waals surface area (Å²) in [5, 5.41) is 12.6. The number of carbonyl (C=O) groups excluding carboxylic acids is 1. The first kappa shape index (κ1) is 13.2. The van der Waals surface area contributed by atoms with Crippen molar-refractivity contribution in [3.8, 4) is 11.5 Å². The number of aliphatic hydroxyl groups is 1. The van der Waals surface area contributed by atoms with Crippen LogP contribution in [-0.2, 0) is 4.79 Å². The van der Waals surface area contributed by atoms with Gasteiger partial charge in [-0.3, -0.25) is 4.79 Å². The predicted molar refractivity (Wildman–Crippen MR) is 72.8 cm³/mol. The Balaban J connectivity index is 1.52. The van der Waals surface area contributed by atoms with Gasteiger partial charge in [-0.25, -0.2) is 0 Å². The molecule has 1 saturated carbocycles. The summed E-state index contributed by atoms with van der Waals surface area (Å²) < 4.78 is 10.8. The zero-order valence-electron chi connectivity index (χ0n) is 11.3. The molecule has 1 aliphatic heterocycles. The van der Waals surface area contributed by atoms with Gasteiger partial charge in [0.15, 0.2) is 6.61 Å². The summed E-state index contributed by atoms with van der Waals surface area (Å²) in [6, 6.07) is 5.55. The number of ether oxygens (including phenoxy) is 2. The number of rotatable bonds is 4. The molecule has 1 aromatic rings. The highest BCUT2D eigenvalue weighted by molar-refractivity contribution is 5.77. The minimum atomic E-state index is -0.565. The van der Waals surface area contributed by atoms with Gasteiger partial charge in [0.1, 0.15) is 24.2 Å². The maximum absolute atomic E-state index is 11.8. The number of benzene rings is 1. The van der Waals surface area contributed by atoms with Gasteiger partial charge < -0.3 is 19.9 Å². The van der Waals surface area contributed by atoms with E-state index in [2.05, 4.69) is 5.32 Å².